The van der Waals surface area contributed by atoms with E-state index >= 15 is 0 Å². The van der Waals surface area contributed by atoms with Gasteiger partial charge in [0, 0.05) is 19.7 Å². The summed E-state index contributed by atoms with van der Waals surface area (Å²) in [6.07, 6.45) is 2.73. The summed E-state index contributed by atoms with van der Waals surface area (Å²) < 4.78 is 0. The maximum atomic E-state index is 10.9. The fraction of sp³-hybridized carbons (Fsp3) is 0.727. The fourth-order valence-corrected chi connectivity index (χ4v) is 0.847. The Bertz CT molecular complexity index is 161. The van der Waals surface area contributed by atoms with Crippen molar-refractivity contribution in [3.8, 4) is 0 Å². The standard InChI is InChI=1S/C7H11NO.2C2H6/c1-6-3-4-8(2)7(9)5-6;2*1-2/h5H,3-4H2,1-2H3;2*1-2H3. The van der Waals surface area contributed by atoms with Gasteiger partial charge < -0.3 is 4.90 Å². The van der Waals surface area contributed by atoms with Crippen LogP contribution in [0.3, 0.4) is 0 Å². The first-order valence-corrected chi connectivity index (χ1v) is 5.12. The summed E-state index contributed by atoms with van der Waals surface area (Å²) in [7, 11) is 1.82. The lowest BCUT2D eigenvalue weighted by molar-refractivity contribution is -0.125. The van der Waals surface area contributed by atoms with E-state index in [0.29, 0.717) is 0 Å². The zero-order chi connectivity index (χ0) is 10.9. The van der Waals surface area contributed by atoms with E-state index in [4.69, 9.17) is 0 Å². The lowest BCUT2D eigenvalue weighted by Gasteiger charge is -2.19. The Morgan fingerprint density at radius 3 is 2.00 bits per heavy atom. The van der Waals surface area contributed by atoms with Crippen LogP contribution in [-0.4, -0.2) is 24.4 Å². The van der Waals surface area contributed by atoms with Gasteiger partial charge in [-0.05, 0) is 13.3 Å². The van der Waals surface area contributed by atoms with Gasteiger partial charge in [-0.15, -0.1) is 0 Å². The van der Waals surface area contributed by atoms with Gasteiger partial charge in [0.25, 0.3) is 0 Å². The normalized spacial score (nSPS) is 14.8. The van der Waals surface area contributed by atoms with Gasteiger partial charge in [-0.3, -0.25) is 4.79 Å². The zero-order valence-electron chi connectivity index (χ0n) is 9.85. The Labute approximate surface area is 82.6 Å². The van der Waals surface area contributed by atoms with Gasteiger partial charge in [-0.1, -0.05) is 33.3 Å². The first-order chi connectivity index (χ1) is 6.20. The molecule has 0 N–H and O–H groups in total. The topological polar surface area (TPSA) is 20.3 Å². The highest BCUT2D eigenvalue weighted by molar-refractivity contribution is 5.88. The van der Waals surface area contributed by atoms with Crippen molar-refractivity contribution in [1.82, 2.24) is 4.90 Å². The highest BCUT2D eigenvalue weighted by Gasteiger charge is 2.10. The number of hydrogen-bond donors (Lipinski definition) is 0. The van der Waals surface area contributed by atoms with Gasteiger partial charge in [-0.25, -0.2) is 0 Å². The minimum atomic E-state index is 0.138. The maximum Gasteiger partial charge on any atom is 0.246 e. The summed E-state index contributed by atoms with van der Waals surface area (Å²) in [6, 6.07) is 0. The van der Waals surface area contributed by atoms with Crippen molar-refractivity contribution in [2.45, 2.75) is 41.0 Å². The number of amides is 1. The molecule has 0 atom stereocenters. The summed E-state index contributed by atoms with van der Waals surface area (Å²) in [5, 5.41) is 0. The molecule has 1 aliphatic heterocycles. The number of carbonyl (C=O) groups is 1. The lowest BCUT2D eigenvalue weighted by Crippen LogP contribution is -2.29. The predicted molar refractivity (Wildman–Crippen MR) is 58.7 cm³/mol. The van der Waals surface area contributed by atoms with Crippen molar-refractivity contribution in [1.29, 1.82) is 0 Å². The van der Waals surface area contributed by atoms with Crippen LogP contribution in [-0.2, 0) is 4.79 Å². The smallest absolute Gasteiger partial charge is 0.246 e. The van der Waals surface area contributed by atoms with Gasteiger partial charge in [-0.2, -0.15) is 0 Å². The quantitative estimate of drug-likeness (QED) is 0.568. The van der Waals surface area contributed by atoms with E-state index in [9.17, 15) is 4.79 Å². The van der Waals surface area contributed by atoms with Gasteiger partial charge in [0.15, 0.2) is 0 Å². The molecular weight excluding hydrogens is 162 g/mol. The fourth-order valence-electron chi connectivity index (χ4n) is 0.847. The Morgan fingerprint density at radius 1 is 1.23 bits per heavy atom. The maximum absolute atomic E-state index is 10.9. The molecule has 0 aliphatic carbocycles. The van der Waals surface area contributed by atoms with Crippen molar-refractivity contribution >= 4 is 5.91 Å². The predicted octanol–water partition coefficient (Wildman–Crippen LogP) is 2.85. The van der Waals surface area contributed by atoms with Crippen LogP contribution in [0.25, 0.3) is 0 Å². The van der Waals surface area contributed by atoms with Crippen molar-refractivity contribution in [2.24, 2.45) is 0 Å². The van der Waals surface area contributed by atoms with Crippen molar-refractivity contribution in [3.05, 3.63) is 11.6 Å². The molecule has 0 bridgehead atoms. The van der Waals surface area contributed by atoms with E-state index in [1.807, 2.05) is 41.7 Å². The molecule has 1 rings (SSSR count). The van der Waals surface area contributed by atoms with E-state index < -0.39 is 0 Å². The minimum absolute atomic E-state index is 0.138. The molecule has 0 aromatic heterocycles. The molecule has 1 amide bonds. The summed E-state index contributed by atoms with van der Waals surface area (Å²) >= 11 is 0. The first-order valence-electron chi connectivity index (χ1n) is 5.12. The number of nitrogens with zero attached hydrogens (tertiary/aromatic N) is 1. The average molecular weight is 185 g/mol. The SMILES string of the molecule is CC.CC.CC1=CC(=O)N(C)CC1. The second-order valence-corrected chi connectivity index (χ2v) is 2.50. The Hall–Kier alpha value is -0.790. The van der Waals surface area contributed by atoms with Gasteiger partial charge in [0.05, 0.1) is 0 Å². The van der Waals surface area contributed by atoms with E-state index in [1.165, 1.54) is 5.57 Å². The molecular formula is C11H23NO. The second-order valence-electron chi connectivity index (χ2n) is 2.50. The van der Waals surface area contributed by atoms with Gasteiger partial charge >= 0.3 is 0 Å². The molecule has 78 valence electrons. The first kappa shape index (κ1) is 14.7. The molecule has 0 aromatic carbocycles. The molecule has 1 heterocycles. The molecule has 1 aliphatic rings. The number of likely N-dealkylation sites (N-methyl/N-ethyl adjacent to an activating group) is 1. The highest BCUT2D eigenvalue weighted by Crippen LogP contribution is 2.07. The summed E-state index contributed by atoms with van der Waals surface area (Å²) in [5.41, 5.74) is 1.19. The monoisotopic (exact) mass is 185 g/mol. The van der Waals surface area contributed by atoms with Crippen LogP contribution in [0.15, 0.2) is 11.6 Å². The number of carbonyl (C=O) groups excluding carboxylic acids is 1. The lowest BCUT2D eigenvalue weighted by atomic mass is 10.1. The number of rotatable bonds is 0. The number of hydrogen-bond acceptors (Lipinski definition) is 1. The molecule has 0 fully saturated rings. The van der Waals surface area contributed by atoms with Crippen LogP contribution in [0.2, 0.25) is 0 Å². The second kappa shape index (κ2) is 9.30. The summed E-state index contributed by atoms with van der Waals surface area (Å²) in [5.74, 6) is 0.138. The zero-order valence-corrected chi connectivity index (χ0v) is 9.85. The Balaban J connectivity index is 0. The van der Waals surface area contributed by atoms with E-state index in [1.54, 1.807) is 11.0 Å². The third-order valence-corrected chi connectivity index (χ3v) is 1.59. The largest absolute Gasteiger partial charge is 0.342 e. The average Bonchev–Trinajstić information content (AvgIpc) is 2.18. The van der Waals surface area contributed by atoms with Crippen LogP contribution in [0.5, 0.6) is 0 Å². The van der Waals surface area contributed by atoms with E-state index in [-0.39, 0.29) is 5.91 Å². The van der Waals surface area contributed by atoms with Crippen molar-refractivity contribution < 1.29 is 4.79 Å². The van der Waals surface area contributed by atoms with Gasteiger partial charge in [0.2, 0.25) is 5.91 Å². The highest BCUT2D eigenvalue weighted by atomic mass is 16.2. The van der Waals surface area contributed by atoms with Crippen LogP contribution in [0.4, 0.5) is 0 Å². The molecule has 0 spiro atoms. The molecule has 2 nitrogen and oxygen atoms in total. The third kappa shape index (κ3) is 6.38. The molecule has 0 saturated carbocycles. The summed E-state index contributed by atoms with van der Waals surface area (Å²) in [6.45, 7) is 10.9. The summed E-state index contributed by atoms with van der Waals surface area (Å²) in [4.78, 5) is 12.6. The molecule has 0 aromatic rings. The van der Waals surface area contributed by atoms with Crippen LogP contribution in [0, 0.1) is 0 Å². The minimum Gasteiger partial charge on any atom is -0.342 e. The molecule has 0 saturated heterocycles. The van der Waals surface area contributed by atoms with Crippen molar-refractivity contribution in [3.63, 3.8) is 0 Å². The van der Waals surface area contributed by atoms with Crippen LogP contribution >= 0.6 is 0 Å². The van der Waals surface area contributed by atoms with Crippen LogP contribution < -0.4 is 0 Å². The van der Waals surface area contributed by atoms with Crippen LogP contribution in [0.1, 0.15) is 41.0 Å². The third-order valence-electron chi connectivity index (χ3n) is 1.59. The molecule has 2 heteroatoms. The van der Waals surface area contributed by atoms with E-state index in [0.717, 1.165) is 13.0 Å². The Morgan fingerprint density at radius 2 is 1.69 bits per heavy atom. The van der Waals surface area contributed by atoms with Crippen molar-refractivity contribution in [2.75, 3.05) is 13.6 Å². The van der Waals surface area contributed by atoms with E-state index in [2.05, 4.69) is 0 Å². The molecule has 0 unspecified atom stereocenters. The molecule has 13 heavy (non-hydrogen) atoms. The molecule has 0 radical (unpaired) electrons. The van der Waals surface area contributed by atoms with Gasteiger partial charge in [0.1, 0.15) is 0 Å². The Kier molecular flexibility index (Phi) is 10.5.